The summed E-state index contributed by atoms with van der Waals surface area (Å²) in [7, 11) is 0. The van der Waals surface area contributed by atoms with Crippen LogP contribution < -0.4 is 5.32 Å². The monoisotopic (exact) mass is 222 g/mol. The van der Waals surface area contributed by atoms with E-state index >= 15 is 0 Å². The third kappa shape index (κ3) is 1.87. The van der Waals surface area contributed by atoms with Crippen LogP contribution in [0.3, 0.4) is 0 Å². The topological polar surface area (TPSA) is 62.1 Å². The van der Waals surface area contributed by atoms with Gasteiger partial charge in [-0.2, -0.15) is 5.26 Å². The minimum Gasteiger partial charge on any atom is -0.444 e. The molecule has 88 valence electrons. The molecule has 0 heterocycles. The largest absolute Gasteiger partial charge is 0.444 e. The van der Waals surface area contributed by atoms with Gasteiger partial charge in [-0.25, -0.2) is 4.79 Å². The highest BCUT2D eigenvalue weighted by atomic mass is 16.6. The minimum absolute atomic E-state index is 0.155. The van der Waals surface area contributed by atoms with Crippen molar-refractivity contribution in [2.24, 2.45) is 5.41 Å². The second-order valence-electron chi connectivity index (χ2n) is 6.15. The van der Waals surface area contributed by atoms with Crippen molar-refractivity contribution in [2.45, 2.75) is 57.6 Å². The van der Waals surface area contributed by atoms with Crippen LogP contribution in [0.5, 0.6) is 0 Å². The maximum Gasteiger partial charge on any atom is 0.408 e. The van der Waals surface area contributed by atoms with Crippen molar-refractivity contribution in [3.63, 3.8) is 0 Å². The fourth-order valence-electron chi connectivity index (χ4n) is 2.88. The van der Waals surface area contributed by atoms with E-state index in [0.29, 0.717) is 0 Å². The van der Waals surface area contributed by atoms with Gasteiger partial charge in [0.05, 0.1) is 11.5 Å². The summed E-state index contributed by atoms with van der Waals surface area (Å²) in [6, 6.07) is 2.36. The van der Waals surface area contributed by atoms with Gasteiger partial charge in [0.2, 0.25) is 0 Å². The first-order valence-corrected chi connectivity index (χ1v) is 5.71. The zero-order valence-electron chi connectivity index (χ0n) is 10.1. The van der Waals surface area contributed by atoms with Crippen molar-refractivity contribution in [3.05, 3.63) is 0 Å². The van der Waals surface area contributed by atoms with Gasteiger partial charge in [0, 0.05) is 5.54 Å². The van der Waals surface area contributed by atoms with E-state index in [2.05, 4.69) is 11.4 Å². The van der Waals surface area contributed by atoms with E-state index in [1.807, 2.05) is 20.8 Å². The third-order valence-corrected chi connectivity index (χ3v) is 3.44. The maximum absolute atomic E-state index is 11.6. The summed E-state index contributed by atoms with van der Waals surface area (Å²) in [5.74, 6) is 0. The molecule has 0 radical (unpaired) electrons. The van der Waals surface area contributed by atoms with Crippen LogP contribution in [-0.4, -0.2) is 17.2 Å². The Hall–Kier alpha value is -1.24. The Bertz CT molecular complexity index is 356. The number of hydrogen-bond donors (Lipinski definition) is 1. The van der Waals surface area contributed by atoms with Crippen molar-refractivity contribution in [3.8, 4) is 6.07 Å². The van der Waals surface area contributed by atoms with Crippen molar-refractivity contribution in [2.75, 3.05) is 0 Å². The molecule has 4 heteroatoms. The molecule has 3 aliphatic carbocycles. The lowest BCUT2D eigenvalue weighted by atomic mass is 9.66. The van der Waals surface area contributed by atoms with Crippen molar-refractivity contribution in [1.29, 1.82) is 5.26 Å². The average Bonchev–Trinajstić information content (AvgIpc) is 2.55. The molecule has 0 aliphatic heterocycles. The SMILES string of the molecule is CC(C)(C)OC(=O)NC12CCC(C#N)(C1)C2. The summed E-state index contributed by atoms with van der Waals surface area (Å²) >= 11 is 0. The summed E-state index contributed by atoms with van der Waals surface area (Å²) in [6.45, 7) is 5.54. The van der Waals surface area contributed by atoms with E-state index in [1.165, 1.54) is 0 Å². The number of ether oxygens (including phenoxy) is 1. The fraction of sp³-hybridized carbons (Fsp3) is 0.833. The molecule has 4 nitrogen and oxygen atoms in total. The van der Waals surface area contributed by atoms with Crippen molar-refractivity contribution in [1.82, 2.24) is 5.32 Å². The number of carbonyl (C=O) groups is 1. The molecule has 0 aromatic heterocycles. The van der Waals surface area contributed by atoms with Gasteiger partial charge < -0.3 is 10.1 Å². The predicted octanol–water partition coefficient (Wildman–Crippen LogP) is 2.35. The lowest BCUT2D eigenvalue weighted by molar-refractivity contribution is 0.0354. The lowest BCUT2D eigenvalue weighted by Crippen LogP contribution is -2.56. The molecule has 3 aliphatic rings. The number of rotatable bonds is 1. The molecule has 0 unspecified atom stereocenters. The van der Waals surface area contributed by atoms with E-state index in [0.717, 1.165) is 25.7 Å². The van der Waals surface area contributed by atoms with Crippen LogP contribution in [0.2, 0.25) is 0 Å². The molecule has 16 heavy (non-hydrogen) atoms. The Labute approximate surface area is 96.0 Å². The fourth-order valence-corrected chi connectivity index (χ4v) is 2.88. The van der Waals surface area contributed by atoms with Crippen molar-refractivity contribution >= 4 is 6.09 Å². The molecular weight excluding hydrogens is 204 g/mol. The molecule has 3 saturated carbocycles. The normalized spacial score (nSPS) is 36.1. The van der Waals surface area contributed by atoms with Crippen LogP contribution >= 0.6 is 0 Å². The van der Waals surface area contributed by atoms with E-state index in [-0.39, 0.29) is 17.0 Å². The zero-order chi connectivity index (χ0) is 12.0. The highest BCUT2D eigenvalue weighted by Crippen LogP contribution is 2.60. The van der Waals surface area contributed by atoms with Gasteiger partial charge in [-0.05, 0) is 46.5 Å². The Morgan fingerprint density at radius 2 is 2.00 bits per heavy atom. The lowest BCUT2D eigenvalue weighted by Gasteiger charge is -2.43. The van der Waals surface area contributed by atoms with E-state index in [1.54, 1.807) is 0 Å². The van der Waals surface area contributed by atoms with Crippen LogP contribution in [0.25, 0.3) is 0 Å². The molecule has 0 spiro atoms. The molecule has 3 fully saturated rings. The molecule has 0 saturated heterocycles. The predicted molar refractivity (Wildman–Crippen MR) is 58.6 cm³/mol. The summed E-state index contributed by atoms with van der Waals surface area (Å²) < 4.78 is 5.22. The Kier molecular flexibility index (Phi) is 2.20. The van der Waals surface area contributed by atoms with Crippen LogP contribution in [-0.2, 0) is 4.74 Å². The standard InChI is InChI=1S/C12H18N2O2/c1-10(2,3)16-9(15)14-12-5-4-11(6-12,7-12)8-13/h4-7H2,1-3H3,(H,14,15). The molecule has 1 N–H and O–H groups in total. The van der Waals surface area contributed by atoms with Gasteiger partial charge in [-0.3, -0.25) is 0 Å². The number of fused-ring (bicyclic) bond motifs is 1. The number of nitriles is 1. The number of hydrogen-bond acceptors (Lipinski definition) is 3. The Balaban J connectivity index is 1.90. The third-order valence-electron chi connectivity index (χ3n) is 3.44. The summed E-state index contributed by atoms with van der Waals surface area (Å²) in [6.07, 6.45) is 3.02. The first-order valence-electron chi connectivity index (χ1n) is 5.71. The molecule has 0 aromatic carbocycles. The molecule has 0 aromatic rings. The average molecular weight is 222 g/mol. The van der Waals surface area contributed by atoms with Gasteiger partial charge in [0.15, 0.2) is 0 Å². The molecule has 1 amide bonds. The highest BCUT2D eigenvalue weighted by Gasteiger charge is 2.62. The smallest absolute Gasteiger partial charge is 0.408 e. The first kappa shape index (κ1) is 11.3. The number of nitrogens with zero attached hydrogens (tertiary/aromatic N) is 1. The number of carbonyl (C=O) groups excluding carboxylic acids is 1. The second-order valence-corrected chi connectivity index (χ2v) is 6.15. The van der Waals surface area contributed by atoms with E-state index < -0.39 is 5.60 Å². The maximum atomic E-state index is 11.6. The summed E-state index contributed by atoms with van der Waals surface area (Å²) in [5.41, 5.74) is -0.775. The van der Waals surface area contributed by atoms with Gasteiger partial charge in [0.25, 0.3) is 0 Å². The number of nitrogens with one attached hydrogen (secondary N) is 1. The van der Waals surface area contributed by atoms with Gasteiger partial charge in [-0.1, -0.05) is 0 Å². The first-order chi connectivity index (χ1) is 7.28. The zero-order valence-corrected chi connectivity index (χ0v) is 10.1. The minimum atomic E-state index is -0.463. The molecule has 3 rings (SSSR count). The van der Waals surface area contributed by atoms with Crippen LogP contribution in [0.1, 0.15) is 46.5 Å². The summed E-state index contributed by atoms with van der Waals surface area (Å²) in [4.78, 5) is 11.6. The van der Waals surface area contributed by atoms with E-state index in [9.17, 15) is 4.79 Å². The highest BCUT2D eigenvalue weighted by molar-refractivity contribution is 5.69. The quantitative estimate of drug-likeness (QED) is 0.740. The van der Waals surface area contributed by atoms with Crippen LogP contribution in [0.15, 0.2) is 0 Å². The van der Waals surface area contributed by atoms with Crippen LogP contribution in [0.4, 0.5) is 4.79 Å². The molecular formula is C12H18N2O2. The summed E-state index contributed by atoms with van der Waals surface area (Å²) in [5, 5.41) is 11.9. The Morgan fingerprint density at radius 1 is 1.38 bits per heavy atom. The van der Waals surface area contributed by atoms with Crippen molar-refractivity contribution < 1.29 is 9.53 Å². The van der Waals surface area contributed by atoms with Gasteiger partial charge >= 0.3 is 6.09 Å². The molecule has 0 atom stereocenters. The van der Waals surface area contributed by atoms with Crippen LogP contribution in [0, 0.1) is 16.7 Å². The van der Waals surface area contributed by atoms with E-state index in [4.69, 9.17) is 10.00 Å². The second kappa shape index (κ2) is 3.13. The number of alkyl carbamates (subject to hydrolysis) is 1. The number of amides is 1. The Morgan fingerprint density at radius 3 is 2.44 bits per heavy atom. The molecule has 2 bridgehead atoms. The van der Waals surface area contributed by atoms with Gasteiger partial charge in [0.1, 0.15) is 5.60 Å². The van der Waals surface area contributed by atoms with Gasteiger partial charge in [-0.15, -0.1) is 0 Å².